The van der Waals surface area contributed by atoms with E-state index in [0.29, 0.717) is 6.79 Å². The zero-order valence-corrected chi connectivity index (χ0v) is 11.1. The summed E-state index contributed by atoms with van der Waals surface area (Å²) in [4.78, 5) is 0. The fourth-order valence-corrected chi connectivity index (χ4v) is 2.20. The van der Waals surface area contributed by atoms with Crippen molar-refractivity contribution in [3.63, 3.8) is 0 Å². The van der Waals surface area contributed by atoms with Gasteiger partial charge in [0.1, 0.15) is 13.1 Å². The topological polar surface area (TPSA) is 35.1 Å². The molecule has 1 heterocycles. The average molecular weight is 256 g/mol. The highest BCUT2D eigenvalue weighted by atomic mass is 16.7. The monoisotopic (exact) mass is 256 g/mol. The molecule has 1 aliphatic heterocycles. The van der Waals surface area contributed by atoms with Crippen molar-refractivity contribution >= 4 is 0 Å². The normalized spacial score (nSPS) is 12.7. The standard InChI is InChI=1S/C16H17NO2/c1-12-2-4-13(5-3-12)9-17-10-14-6-7-15-16(8-14)19-11-18-15/h2-8,17H,9-11H2,1H3/p+1. The fourth-order valence-electron chi connectivity index (χ4n) is 2.20. The Bertz CT molecular complexity index is 563. The van der Waals surface area contributed by atoms with Crippen molar-refractivity contribution in [1.82, 2.24) is 0 Å². The van der Waals surface area contributed by atoms with Crippen LogP contribution in [-0.2, 0) is 13.1 Å². The molecule has 0 saturated heterocycles. The second kappa shape index (κ2) is 5.33. The molecular formula is C16H18NO2+. The van der Waals surface area contributed by atoms with Gasteiger partial charge in [0.2, 0.25) is 6.79 Å². The van der Waals surface area contributed by atoms with E-state index in [0.717, 1.165) is 24.6 Å². The average Bonchev–Trinajstić information content (AvgIpc) is 2.88. The van der Waals surface area contributed by atoms with Crippen LogP contribution in [0.2, 0.25) is 0 Å². The Labute approximate surface area is 113 Å². The van der Waals surface area contributed by atoms with Crippen LogP contribution < -0.4 is 14.8 Å². The predicted octanol–water partition coefficient (Wildman–Crippen LogP) is 1.99. The van der Waals surface area contributed by atoms with Crippen molar-refractivity contribution in [3.8, 4) is 11.5 Å². The Morgan fingerprint density at radius 2 is 1.58 bits per heavy atom. The number of nitrogens with two attached hydrogens (primary N) is 1. The number of hydrogen-bond acceptors (Lipinski definition) is 2. The van der Waals surface area contributed by atoms with E-state index in [1.54, 1.807) is 0 Å². The van der Waals surface area contributed by atoms with E-state index in [-0.39, 0.29) is 0 Å². The molecule has 98 valence electrons. The SMILES string of the molecule is Cc1ccc(C[NH2+]Cc2ccc3c(c2)OCO3)cc1. The molecule has 0 saturated carbocycles. The molecule has 0 aromatic heterocycles. The third kappa shape index (κ3) is 2.88. The summed E-state index contributed by atoms with van der Waals surface area (Å²) in [5, 5.41) is 2.29. The lowest BCUT2D eigenvalue weighted by atomic mass is 10.1. The first-order chi connectivity index (χ1) is 9.31. The summed E-state index contributed by atoms with van der Waals surface area (Å²) in [6.07, 6.45) is 0. The first-order valence-corrected chi connectivity index (χ1v) is 6.57. The van der Waals surface area contributed by atoms with Crippen LogP contribution in [0, 0.1) is 6.92 Å². The van der Waals surface area contributed by atoms with Crippen molar-refractivity contribution < 1.29 is 14.8 Å². The fraction of sp³-hybridized carbons (Fsp3) is 0.250. The molecule has 0 fully saturated rings. The van der Waals surface area contributed by atoms with Crippen molar-refractivity contribution in [3.05, 3.63) is 59.2 Å². The molecule has 0 unspecified atom stereocenters. The van der Waals surface area contributed by atoms with Crippen molar-refractivity contribution in [2.24, 2.45) is 0 Å². The van der Waals surface area contributed by atoms with E-state index < -0.39 is 0 Å². The van der Waals surface area contributed by atoms with E-state index in [9.17, 15) is 0 Å². The number of hydrogen-bond donors (Lipinski definition) is 1. The first-order valence-electron chi connectivity index (χ1n) is 6.57. The Morgan fingerprint density at radius 3 is 2.42 bits per heavy atom. The van der Waals surface area contributed by atoms with Gasteiger partial charge in [0, 0.05) is 11.1 Å². The lowest BCUT2D eigenvalue weighted by molar-refractivity contribution is -0.686. The number of rotatable bonds is 4. The Balaban J connectivity index is 1.56. The van der Waals surface area contributed by atoms with Crippen LogP contribution in [0.5, 0.6) is 11.5 Å². The molecule has 0 radical (unpaired) electrons. The van der Waals surface area contributed by atoms with Gasteiger partial charge in [-0.05, 0) is 25.1 Å². The van der Waals surface area contributed by atoms with Crippen LogP contribution in [-0.4, -0.2) is 6.79 Å². The van der Waals surface area contributed by atoms with Gasteiger partial charge in [0.15, 0.2) is 11.5 Å². The Hall–Kier alpha value is -2.00. The van der Waals surface area contributed by atoms with Crippen LogP contribution in [0.4, 0.5) is 0 Å². The van der Waals surface area contributed by atoms with Crippen LogP contribution in [0.3, 0.4) is 0 Å². The van der Waals surface area contributed by atoms with Crippen LogP contribution in [0.15, 0.2) is 42.5 Å². The number of quaternary nitrogens is 1. The lowest BCUT2D eigenvalue weighted by Gasteiger charge is -2.04. The molecular weight excluding hydrogens is 238 g/mol. The van der Waals surface area contributed by atoms with Gasteiger partial charge in [-0.3, -0.25) is 0 Å². The maximum Gasteiger partial charge on any atom is 0.231 e. The number of ether oxygens (including phenoxy) is 2. The van der Waals surface area contributed by atoms with E-state index >= 15 is 0 Å². The molecule has 0 aliphatic carbocycles. The first kappa shape index (κ1) is 12.1. The molecule has 19 heavy (non-hydrogen) atoms. The molecule has 0 atom stereocenters. The largest absolute Gasteiger partial charge is 0.454 e. The molecule has 0 bridgehead atoms. The van der Waals surface area contributed by atoms with Gasteiger partial charge in [-0.15, -0.1) is 0 Å². The number of fused-ring (bicyclic) bond motifs is 1. The van der Waals surface area contributed by atoms with Gasteiger partial charge >= 0.3 is 0 Å². The van der Waals surface area contributed by atoms with E-state index in [1.807, 2.05) is 6.07 Å². The van der Waals surface area contributed by atoms with Gasteiger partial charge in [-0.1, -0.05) is 29.8 Å². The third-order valence-electron chi connectivity index (χ3n) is 3.32. The summed E-state index contributed by atoms with van der Waals surface area (Å²) >= 11 is 0. The summed E-state index contributed by atoms with van der Waals surface area (Å²) in [6.45, 7) is 4.39. The maximum absolute atomic E-state index is 5.38. The summed E-state index contributed by atoms with van der Waals surface area (Å²) in [6, 6.07) is 14.8. The lowest BCUT2D eigenvalue weighted by Crippen LogP contribution is -2.80. The summed E-state index contributed by atoms with van der Waals surface area (Å²) in [5.74, 6) is 1.71. The molecule has 0 spiro atoms. The predicted molar refractivity (Wildman–Crippen MR) is 73.1 cm³/mol. The molecule has 2 aromatic carbocycles. The molecule has 2 N–H and O–H groups in total. The quantitative estimate of drug-likeness (QED) is 0.908. The van der Waals surface area contributed by atoms with Crippen molar-refractivity contribution in [2.45, 2.75) is 20.0 Å². The molecule has 3 rings (SSSR count). The minimum atomic E-state index is 0.339. The van der Waals surface area contributed by atoms with Gasteiger partial charge in [-0.2, -0.15) is 0 Å². The number of aryl methyl sites for hydroxylation is 1. The Morgan fingerprint density at radius 1 is 0.895 bits per heavy atom. The van der Waals surface area contributed by atoms with Crippen molar-refractivity contribution in [2.75, 3.05) is 6.79 Å². The highest BCUT2D eigenvalue weighted by Crippen LogP contribution is 2.32. The second-order valence-corrected chi connectivity index (χ2v) is 4.87. The molecule has 1 aliphatic rings. The van der Waals surface area contributed by atoms with Crippen LogP contribution >= 0.6 is 0 Å². The van der Waals surface area contributed by atoms with Gasteiger partial charge < -0.3 is 14.8 Å². The van der Waals surface area contributed by atoms with Gasteiger partial charge in [0.25, 0.3) is 0 Å². The Kier molecular flexibility index (Phi) is 3.38. The third-order valence-corrected chi connectivity index (χ3v) is 3.32. The number of benzene rings is 2. The molecule has 2 aromatic rings. The highest BCUT2D eigenvalue weighted by Gasteiger charge is 2.13. The van der Waals surface area contributed by atoms with Crippen molar-refractivity contribution in [1.29, 1.82) is 0 Å². The maximum atomic E-state index is 5.38. The van der Waals surface area contributed by atoms with Crippen LogP contribution in [0.25, 0.3) is 0 Å². The molecule has 0 amide bonds. The minimum Gasteiger partial charge on any atom is -0.454 e. The van der Waals surface area contributed by atoms with Gasteiger partial charge in [-0.25, -0.2) is 0 Å². The summed E-state index contributed by atoms with van der Waals surface area (Å²) in [5.41, 5.74) is 3.92. The van der Waals surface area contributed by atoms with Gasteiger partial charge in [0.05, 0.1) is 0 Å². The molecule has 3 heteroatoms. The minimum absolute atomic E-state index is 0.339. The summed E-state index contributed by atoms with van der Waals surface area (Å²) < 4.78 is 10.7. The summed E-state index contributed by atoms with van der Waals surface area (Å²) in [7, 11) is 0. The van der Waals surface area contributed by atoms with E-state index in [1.165, 1.54) is 16.7 Å². The second-order valence-electron chi connectivity index (χ2n) is 4.87. The molecule has 3 nitrogen and oxygen atoms in total. The highest BCUT2D eigenvalue weighted by molar-refractivity contribution is 5.44. The smallest absolute Gasteiger partial charge is 0.231 e. The van der Waals surface area contributed by atoms with Crippen LogP contribution in [0.1, 0.15) is 16.7 Å². The van der Waals surface area contributed by atoms with E-state index in [4.69, 9.17) is 9.47 Å². The zero-order chi connectivity index (χ0) is 13.1. The zero-order valence-electron chi connectivity index (χ0n) is 11.1. The van der Waals surface area contributed by atoms with E-state index in [2.05, 4.69) is 48.6 Å².